The number of amides is 2. The largest absolute Gasteiger partial charge is 0.416 e. The van der Waals surface area contributed by atoms with Gasteiger partial charge in [-0.3, -0.25) is 9.59 Å². The lowest BCUT2D eigenvalue weighted by Crippen LogP contribution is -2.51. The summed E-state index contributed by atoms with van der Waals surface area (Å²) in [4.78, 5) is 28.8. The molecule has 0 aromatic heterocycles. The van der Waals surface area contributed by atoms with Crippen molar-refractivity contribution < 1.29 is 22.8 Å². The second kappa shape index (κ2) is 7.45. The fourth-order valence-corrected chi connectivity index (χ4v) is 4.78. The zero-order valence-electron chi connectivity index (χ0n) is 16.7. The lowest BCUT2D eigenvalue weighted by Gasteiger charge is -2.44. The number of halogens is 3. The van der Waals surface area contributed by atoms with Crippen LogP contribution in [0.5, 0.6) is 0 Å². The minimum absolute atomic E-state index is 0.00543. The fourth-order valence-electron chi connectivity index (χ4n) is 4.78. The summed E-state index contributed by atoms with van der Waals surface area (Å²) in [6.45, 7) is 0.956. The Bertz CT molecular complexity index is 978. The van der Waals surface area contributed by atoms with Crippen molar-refractivity contribution in [3.63, 3.8) is 0 Å². The number of carbonyl (C=O) groups is 2. The summed E-state index contributed by atoms with van der Waals surface area (Å²) in [6, 6.07) is 13.0. The van der Waals surface area contributed by atoms with Gasteiger partial charge >= 0.3 is 6.18 Å². The molecule has 0 aliphatic carbocycles. The number of piperidine rings is 1. The molecular weight excluding hydrogens is 393 g/mol. The van der Waals surface area contributed by atoms with Crippen LogP contribution < -0.4 is 0 Å². The average Bonchev–Trinajstić information content (AvgIpc) is 2.94. The van der Waals surface area contributed by atoms with Crippen molar-refractivity contribution in [2.75, 3.05) is 20.1 Å². The maximum Gasteiger partial charge on any atom is 0.416 e. The first-order valence-corrected chi connectivity index (χ1v) is 10.0. The van der Waals surface area contributed by atoms with Gasteiger partial charge in [-0.15, -0.1) is 0 Å². The topological polar surface area (TPSA) is 40.6 Å². The lowest BCUT2D eigenvalue weighted by atomic mass is 9.81. The van der Waals surface area contributed by atoms with Crippen molar-refractivity contribution >= 4 is 11.8 Å². The molecular formula is C23H23F3N2O2. The first-order chi connectivity index (χ1) is 14.2. The molecule has 0 atom stereocenters. The Morgan fingerprint density at radius 3 is 2.37 bits per heavy atom. The SMILES string of the molecule is CN1C(=O)c2ccccc2C12CCN(C(=O)CCc1ccccc1C(F)(F)F)CC2. The zero-order valence-corrected chi connectivity index (χ0v) is 16.7. The molecule has 0 radical (unpaired) electrons. The maximum absolute atomic E-state index is 13.2. The molecule has 1 saturated heterocycles. The molecule has 7 heteroatoms. The van der Waals surface area contributed by atoms with Gasteiger partial charge in [-0.2, -0.15) is 13.2 Å². The smallest absolute Gasteiger partial charge is 0.342 e. The van der Waals surface area contributed by atoms with Gasteiger partial charge in [0.2, 0.25) is 5.91 Å². The van der Waals surface area contributed by atoms with Crippen LogP contribution in [0.3, 0.4) is 0 Å². The Labute approximate surface area is 173 Å². The van der Waals surface area contributed by atoms with E-state index in [0.717, 1.165) is 11.6 Å². The van der Waals surface area contributed by atoms with Crippen molar-refractivity contribution in [3.05, 3.63) is 70.8 Å². The second-order valence-electron chi connectivity index (χ2n) is 7.98. The molecule has 0 bridgehead atoms. The molecule has 2 aliphatic heterocycles. The monoisotopic (exact) mass is 416 g/mol. The highest BCUT2D eigenvalue weighted by Crippen LogP contribution is 2.45. The molecule has 0 N–H and O–H groups in total. The van der Waals surface area contributed by atoms with E-state index in [9.17, 15) is 22.8 Å². The summed E-state index contributed by atoms with van der Waals surface area (Å²) in [5.41, 5.74) is 0.764. The Kier molecular flexibility index (Phi) is 5.08. The Hall–Kier alpha value is -2.83. The number of rotatable bonds is 3. The van der Waals surface area contributed by atoms with Crippen molar-refractivity contribution in [3.8, 4) is 0 Å². The summed E-state index contributed by atoms with van der Waals surface area (Å²) in [5, 5.41) is 0. The number of nitrogens with zero attached hydrogens (tertiary/aromatic N) is 2. The van der Waals surface area contributed by atoms with Crippen LogP contribution in [0.25, 0.3) is 0 Å². The molecule has 2 aromatic carbocycles. The van der Waals surface area contributed by atoms with Crippen LogP contribution in [0, 0.1) is 0 Å². The van der Waals surface area contributed by atoms with E-state index in [1.807, 2.05) is 24.3 Å². The number of likely N-dealkylation sites (tertiary alicyclic amines) is 1. The van der Waals surface area contributed by atoms with Crippen molar-refractivity contribution in [2.45, 2.75) is 37.4 Å². The number of aryl methyl sites for hydroxylation is 1. The van der Waals surface area contributed by atoms with Crippen molar-refractivity contribution in [1.29, 1.82) is 0 Å². The van der Waals surface area contributed by atoms with Crippen molar-refractivity contribution in [2.24, 2.45) is 0 Å². The Morgan fingerprint density at radius 2 is 1.67 bits per heavy atom. The molecule has 2 amide bonds. The molecule has 0 unspecified atom stereocenters. The van der Waals surface area contributed by atoms with Gasteiger partial charge < -0.3 is 9.80 Å². The van der Waals surface area contributed by atoms with Gasteiger partial charge in [-0.05, 0) is 42.5 Å². The summed E-state index contributed by atoms with van der Waals surface area (Å²) in [6.07, 6.45) is -3.10. The first kappa shape index (κ1) is 20.4. The van der Waals surface area contributed by atoms with Crippen LogP contribution in [-0.2, 0) is 22.9 Å². The predicted molar refractivity (Wildman–Crippen MR) is 106 cm³/mol. The van der Waals surface area contributed by atoms with E-state index in [0.29, 0.717) is 31.5 Å². The number of hydrogen-bond donors (Lipinski definition) is 0. The molecule has 30 heavy (non-hydrogen) atoms. The number of benzene rings is 2. The van der Waals surface area contributed by atoms with Crippen LogP contribution in [0.2, 0.25) is 0 Å². The van der Waals surface area contributed by atoms with Gasteiger partial charge in [0.05, 0.1) is 11.1 Å². The van der Waals surface area contributed by atoms with E-state index in [1.54, 1.807) is 22.9 Å². The number of fused-ring (bicyclic) bond motifs is 2. The van der Waals surface area contributed by atoms with E-state index in [-0.39, 0.29) is 30.2 Å². The quantitative estimate of drug-likeness (QED) is 0.751. The summed E-state index contributed by atoms with van der Waals surface area (Å²) >= 11 is 0. The van der Waals surface area contributed by atoms with E-state index in [2.05, 4.69) is 0 Å². The standard InChI is InChI=1S/C23H23F3N2O2/c1-27-21(30)17-7-3-5-9-19(17)22(27)12-14-28(15-13-22)20(29)11-10-16-6-2-4-8-18(16)23(24,25)26/h2-9H,10-15H2,1H3. The molecule has 158 valence electrons. The fraction of sp³-hybridized carbons (Fsp3) is 0.391. The molecule has 4 nitrogen and oxygen atoms in total. The minimum atomic E-state index is -4.43. The third-order valence-electron chi connectivity index (χ3n) is 6.48. The minimum Gasteiger partial charge on any atom is -0.342 e. The summed E-state index contributed by atoms with van der Waals surface area (Å²) in [7, 11) is 1.80. The second-order valence-corrected chi connectivity index (χ2v) is 7.98. The molecule has 1 spiro atoms. The van der Waals surface area contributed by atoms with Gasteiger partial charge in [-0.1, -0.05) is 36.4 Å². The maximum atomic E-state index is 13.2. The van der Waals surface area contributed by atoms with Crippen molar-refractivity contribution in [1.82, 2.24) is 9.80 Å². The van der Waals surface area contributed by atoms with Crippen LogP contribution in [0.15, 0.2) is 48.5 Å². The van der Waals surface area contributed by atoms with Crippen LogP contribution >= 0.6 is 0 Å². The van der Waals surface area contributed by atoms with Gasteiger partial charge in [0, 0.05) is 32.1 Å². The van der Waals surface area contributed by atoms with Gasteiger partial charge in [0.1, 0.15) is 0 Å². The van der Waals surface area contributed by atoms with Gasteiger partial charge in [0.15, 0.2) is 0 Å². The molecule has 2 aromatic rings. The highest BCUT2D eigenvalue weighted by Gasteiger charge is 2.49. The highest BCUT2D eigenvalue weighted by atomic mass is 19.4. The Balaban J connectivity index is 1.42. The molecule has 2 heterocycles. The summed E-state index contributed by atoms with van der Waals surface area (Å²) < 4.78 is 39.5. The molecule has 2 aliphatic rings. The molecule has 1 fully saturated rings. The number of carbonyl (C=O) groups excluding carboxylic acids is 2. The van der Waals surface area contributed by atoms with Crippen LogP contribution in [-0.4, -0.2) is 41.8 Å². The van der Waals surface area contributed by atoms with Crippen LogP contribution in [0.4, 0.5) is 13.2 Å². The van der Waals surface area contributed by atoms with E-state index in [1.165, 1.54) is 12.1 Å². The lowest BCUT2D eigenvalue weighted by molar-refractivity contribution is -0.139. The average molecular weight is 416 g/mol. The normalized spacial score (nSPS) is 18.1. The predicted octanol–water partition coefficient (Wildman–Crippen LogP) is 4.24. The zero-order chi connectivity index (χ0) is 21.5. The van der Waals surface area contributed by atoms with E-state index >= 15 is 0 Å². The van der Waals surface area contributed by atoms with Gasteiger partial charge in [-0.25, -0.2) is 0 Å². The Morgan fingerprint density at radius 1 is 1.03 bits per heavy atom. The van der Waals surface area contributed by atoms with E-state index < -0.39 is 17.3 Å². The first-order valence-electron chi connectivity index (χ1n) is 10.0. The molecule has 0 saturated carbocycles. The van der Waals surface area contributed by atoms with Crippen LogP contribution in [0.1, 0.15) is 46.3 Å². The van der Waals surface area contributed by atoms with Gasteiger partial charge in [0.25, 0.3) is 5.91 Å². The third-order valence-corrected chi connectivity index (χ3v) is 6.48. The number of alkyl halides is 3. The molecule has 4 rings (SSSR count). The summed E-state index contributed by atoms with van der Waals surface area (Å²) in [5.74, 6) is -0.156. The number of hydrogen-bond acceptors (Lipinski definition) is 2. The highest BCUT2D eigenvalue weighted by molar-refractivity contribution is 5.99. The van der Waals surface area contributed by atoms with E-state index in [4.69, 9.17) is 0 Å². The third kappa shape index (κ3) is 3.36.